The van der Waals surface area contributed by atoms with Gasteiger partial charge in [-0.2, -0.15) is 0 Å². The van der Waals surface area contributed by atoms with E-state index in [1.165, 1.54) is 128 Å². The summed E-state index contributed by atoms with van der Waals surface area (Å²) in [6, 6.07) is 0. The van der Waals surface area contributed by atoms with E-state index in [-0.39, 0.29) is 11.3 Å². The van der Waals surface area contributed by atoms with E-state index in [1.807, 2.05) is 0 Å². The van der Waals surface area contributed by atoms with Crippen molar-refractivity contribution in [3.05, 3.63) is 0 Å². The molecule has 0 spiro atoms. The van der Waals surface area contributed by atoms with Crippen LogP contribution in [0.4, 0.5) is 0 Å². The van der Waals surface area contributed by atoms with Crippen molar-refractivity contribution >= 4 is 14.6 Å². The van der Waals surface area contributed by atoms with Gasteiger partial charge in [0, 0.05) is 18.3 Å². The van der Waals surface area contributed by atoms with E-state index < -0.39 is 7.02 Å². The van der Waals surface area contributed by atoms with Crippen LogP contribution in [0.5, 0.6) is 0 Å². The van der Waals surface area contributed by atoms with Gasteiger partial charge >= 0.3 is 0 Å². The normalized spacial score (nSPS) is 12.3. The molecular weight excluding hydrogens is 418 g/mol. The van der Waals surface area contributed by atoms with E-state index in [2.05, 4.69) is 27.7 Å². The summed E-state index contributed by atoms with van der Waals surface area (Å²) in [5.74, 6) is 0. The van der Waals surface area contributed by atoms with Crippen LogP contribution in [0.25, 0.3) is 0 Å². The Morgan fingerprint density at radius 3 is 0.848 bits per heavy atom. The van der Waals surface area contributed by atoms with Crippen LogP contribution < -0.4 is 0 Å². The van der Waals surface area contributed by atoms with Crippen molar-refractivity contribution < 1.29 is 4.57 Å². The summed E-state index contributed by atoms with van der Waals surface area (Å²) in [6.45, 7) is 9.11. The van der Waals surface area contributed by atoms with Crippen molar-refractivity contribution in [3.8, 4) is 0 Å². The van der Waals surface area contributed by atoms with Gasteiger partial charge in [0.25, 0.3) is 0 Å². The van der Waals surface area contributed by atoms with Gasteiger partial charge in [-0.1, -0.05) is 156 Å². The summed E-state index contributed by atoms with van der Waals surface area (Å²) in [4.78, 5) is 0. The maximum absolute atomic E-state index is 14.3. The zero-order valence-electron chi connectivity index (χ0n) is 23.6. The lowest BCUT2D eigenvalue weighted by Crippen LogP contribution is -2.20. The minimum Gasteiger partial charge on any atom is -0.335 e. The third-order valence-electron chi connectivity index (χ3n) is 7.71. The second-order valence-electron chi connectivity index (χ2n) is 10.9. The van der Waals surface area contributed by atoms with Gasteiger partial charge in [-0.15, -0.1) is 0 Å². The highest BCUT2D eigenvalue weighted by Gasteiger charge is 2.34. The van der Waals surface area contributed by atoms with Crippen LogP contribution in [-0.2, 0) is 4.57 Å². The average Bonchev–Trinajstić information content (AvgIpc) is 2.80. The molecule has 0 atom stereocenters. The Bertz CT molecular complexity index is 375. The van der Waals surface area contributed by atoms with E-state index >= 15 is 0 Å². The van der Waals surface area contributed by atoms with Crippen LogP contribution >= 0.6 is 7.02 Å². The van der Waals surface area contributed by atoms with Crippen molar-refractivity contribution in [1.82, 2.24) is 0 Å². The molecule has 0 saturated heterocycles. The zero-order valence-corrected chi connectivity index (χ0v) is 24.5. The van der Waals surface area contributed by atoms with Crippen molar-refractivity contribution in [2.24, 2.45) is 0 Å². The highest BCUT2D eigenvalue weighted by Crippen LogP contribution is 2.57. The first-order valence-electron chi connectivity index (χ1n) is 15.4. The summed E-state index contributed by atoms with van der Waals surface area (Å²) < 4.78 is 14.3. The van der Waals surface area contributed by atoms with Crippen molar-refractivity contribution in [1.29, 1.82) is 0 Å². The van der Waals surface area contributed by atoms with Crippen LogP contribution in [0.3, 0.4) is 0 Å². The van der Waals surface area contributed by atoms with Crippen LogP contribution in [0.15, 0.2) is 0 Å². The molecule has 1 nitrogen and oxygen atoms in total. The summed E-state index contributed by atoms with van der Waals surface area (Å²) in [5, 5.41) is 0. The standard InChI is InChI=1S/C30H62BOP/c1-5-9-13-17-21-25-29(26-22-18-14-10-6-2)33(31,32)30(27-23-19-15-11-7-3)28-24-20-16-12-8-4/h29-30H,5-28H2,1-4H3. The van der Waals surface area contributed by atoms with E-state index in [1.54, 1.807) is 0 Å². The largest absolute Gasteiger partial charge is 0.335 e. The van der Waals surface area contributed by atoms with Crippen molar-refractivity contribution in [2.45, 2.75) is 193 Å². The smallest absolute Gasteiger partial charge is 0.164 e. The monoisotopic (exact) mass is 480 g/mol. The molecule has 0 unspecified atom stereocenters. The molecule has 0 amide bonds. The van der Waals surface area contributed by atoms with Crippen molar-refractivity contribution in [2.75, 3.05) is 0 Å². The lowest BCUT2D eigenvalue weighted by molar-refractivity contribution is 0.491. The number of hydrogen-bond donors (Lipinski definition) is 0. The lowest BCUT2D eigenvalue weighted by atomic mass is 10.0. The maximum atomic E-state index is 14.3. The molecule has 0 N–H and O–H groups in total. The lowest BCUT2D eigenvalue weighted by Gasteiger charge is -2.33. The number of hydrogen-bond acceptors (Lipinski definition) is 1. The Hall–Kier alpha value is 0.295. The molecule has 0 aliphatic heterocycles. The van der Waals surface area contributed by atoms with Gasteiger partial charge in [-0.25, -0.2) is 0 Å². The first-order chi connectivity index (χ1) is 16.0. The van der Waals surface area contributed by atoms with Gasteiger partial charge in [0.05, 0.1) is 0 Å². The molecule has 0 fully saturated rings. The van der Waals surface area contributed by atoms with Crippen LogP contribution in [-0.4, -0.2) is 18.9 Å². The molecule has 0 bridgehead atoms. The maximum Gasteiger partial charge on any atom is 0.164 e. The second-order valence-corrected chi connectivity index (χ2v) is 13.9. The predicted octanol–water partition coefficient (Wildman–Crippen LogP) is 11.6. The van der Waals surface area contributed by atoms with E-state index in [4.69, 9.17) is 7.57 Å². The van der Waals surface area contributed by atoms with E-state index in [9.17, 15) is 4.57 Å². The molecule has 0 aromatic carbocycles. The molecule has 0 aromatic heterocycles. The quantitative estimate of drug-likeness (QED) is 0.0683. The van der Waals surface area contributed by atoms with Gasteiger partial charge in [0.15, 0.2) is 7.57 Å². The van der Waals surface area contributed by atoms with Crippen LogP contribution in [0, 0.1) is 0 Å². The third-order valence-corrected chi connectivity index (χ3v) is 11.0. The Labute approximate surface area is 212 Å². The first-order valence-corrected chi connectivity index (χ1v) is 17.3. The predicted molar refractivity (Wildman–Crippen MR) is 154 cm³/mol. The minimum absolute atomic E-state index is 0.275. The molecular formula is C30H62BOP. The van der Waals surface area contributed by atoms with E-state index in [0.29, 0.717) is 0 Å². The molecule has 0 aromatic rings. The Morgan fingerprint density at radius 2 is 0.636 bits per heavy atom. The molecule has 0 saturated carbocycles. The molecule has 2 radical (unpaired) electrons. The summed E-state index contributed by atoms with van der Waals surface area (Å²) in [6.07, 6.45) is 30.3. The highest BCUT2D eigenvalue weighted by atomic mass is 31.2. The van der Waals surface area contributed by atoms with Gasteiger partial charge < -0.3 is 4.57 Å². The molecule has 196 valence electrons. The minimum atomic E-state index is -2.64. The van der Waals surface area contributed by atoms with Gasteiger partial charge in [-0.05, 0) is 25.7 Å². The molecule has 0 aliphatic carbocycles. The van der Waals surface area contributed by atoms with Crippen molar-refractivity contribution in [3.63, 3.8) is 0 Å². The molecule has 0 heterocycles. The summed E-state index contributed by atoms with van der Waals surface area (Å²) >= 11 is 0. The fourth-order valence-corrected chi connectivity index (χ4v) is 8.27. The third kappa shape index (κ3) is 18.3. The van der Waals surface area contributed by atoms with Crippen LogP contribution in [0.2, 0.25) is 0 Å². The summed E-state index contributed by atoms with van der Waals surface area (Å²) in [5.41, 5.74) is 0.550. The Kier molecular flexibility index (Phi) is 24.2. The molecule has 0 aliphatic rings. The topological polar surface area (TPSA) is 17.1 Å². The Balaban J connectivity index is 5.03. The Morgan fingerprint density at radius 1 is 0.424 bits per heavy atom. The SMILES string of the molecule is [B]P(=O)(C(CCCCCCC)CCCCCCC)C(CCCCCCC)CCCCCCC. The molecule has 0 rings (SSSR count). The highest BCUT2D eigenvalue weighted by molar-refractivity contribution is 7.88. The number of rotatable bonds is 26. The molecule has 3 heteroatoms. The van der Waals surface area contributed by atoms with Crippen LogP contribution in [0.1, 0.15) is 182 Å². The fraction of sp³-hybridized carbons (Fsp3) is 1.00. The average molecular weight is 481 g/mol. The second kappa shape index (κ2) is 24.0. The number of unbranched alkanes of at least 4 members (excludes halogenated alkanes) is 16. The van der Waals surface area contributed by atoms with E-state index in [0.717, 1.165) is 25.7 Å². The van der Waals surface area contributed by atoms with Gasteiger partial charge in [0.2, 0.25) is 0 Å². The van der Waals surface area contributed by atoms with Gasteiger partial charge in [-0.3, -0.25) is 0 Å². The molecule has 33 heavy (non-hydrogen) atoms. The first kappa shape index (κ1) is 33.3. The van der Waals surface area contributed by atoms with Gasteiger partial charge in [0.1, 0.15) is 0 Å². The summed E-state index contributed by atoms with van der Waals surface area (Å²) in [7, 11) is 4.29. The zero-order chi connectivity index (χ0) is 24.6. The fourth-order valence-electron chi connectivity index (χ4n) is 5.33.